The number of likely N-dealkylation sites (N-methyl/N-ethyl adjacent to an activating group) is 1. The van der Waals surface area contributed by atoms with E-state index in [0.29, 0.717) is 19.5 Å². The number of nitrogens with zero attached hydrogens (tertiary/aromatic N) is 2. The number of hydrogen-bond donors (Lipinski definition) is 3. The van der Waals surface area contributed by atoms with E-state index in [1.54, 1.807) is 13.2 Å². The van der Waals surface area contributed by atoms with Crippen molar-refractivity contribution in [2.75, 3.05) is 30.4 Å². The van der Waals surface area contributed by atoms with Crippen LogP contribution in [0.2, 0.25) is 0 Å². The van der Waals surface area contributed by atoms with Gasteiger partial charge in [-0.05, 0) is 60.8 Å². The molecule has 3 aromatic rings. The van der Waals surface area contributed by atoms with Crippen molar-refractivity contribution < 1.29 is 9.59 Å². The number of carbonyl (C=O) groups excluding carboxylic acids is 2. The number of halogens is 1. The minimum atomic E-state index is -0.261. The summed E-state index contributed by atoms with van der Waals surface area (Å²) in [6, 6.07) is 18.3. The van der Waals surface area contributed by atoms with E-state index in [1.165, 1.54) is 10.8 Å². The quantitative estimate of drug-likeness (QED) is 0.420. The topological polar surface area (TPSA) is 86.4 Å². The molecule has 2 amide bonds. The lowest BCUT2D eigenvalue weighted by Gasteiger charge is -2.27. The highest BCUT2D eigenvalue weighted by molar-refractivity contribution is 5.95. The molecule has 0 bridgehead atoms. The summed E-state index contributed by atoms with van der Waals surface area (Å²) in [5.74, 6) is 0.735. The minimum Gasteiger partial charge on any atom is -0.383 e. The maximum atomic E-state index is 13.4. The maximum absolute atomic E-state index is 13.4. The van der Waals surface area contributed by atoms with Gasteiger partial charge in [0.2, 0.25) is 11.8 Å². The van der Waals surface area contributed by atoms with E-state index in [2.05, 4.69) is 51.3 Å². The minimum absolute atomic E-state index is 0. The first-order chi connectivity index (χ1) is 16.5. The number of benzene rings is 2. The van der Waals surface area contributed by atoms with Crippen molar-refractivity contribution in [3.8, 4) is 0 Å². The van der Waals surface area contributed by atoms with Crippen LogP contribution in [0.25, 0.3) is 10.8 Å². The Hall–Kier alpha value is -3.16. The van der Waals surface area contributed by atoms with Gasteiger partial charge >= 0.3 is 0 Å². The summed E-state index contributed by atoms with van der Waals surface area (Å²) in [6.07, 6.45) is 2.85. The molecule has 3 N–H and O–H groups in total. The van der Waals surface area contributed by atoms with Crippen LogP contribution in [0.15, 0.2) is 60.8 Å². The fraction of sp³-hybridized carbons (Fsp3) is 0.370. The smallest absolute Gasteiger partial charge is 0.236 e. The number of rotatable bonds is 9. The molecule has 2 heterocycles. The number of fused-ring (bicyclic) bond motifs is 2. The van der Waals surface area contributed by atoms with Crippen LogP contribution in [0.1, 0.15) is 25.8 Å². The maximum Gasteiger partial charge on any atom is 0.236 e. The van der Waals surface area contributed by atoms with Gasteiger partial charge in [0.1, 0.15) is 5.82 Å². The summed E-state index contributed by atoms with van der Waals surface area (Å²) < 4.78 is 0. The van der Waals surface area contributed by atoms with Gasteiger partial charge in [0, 0.05) is 31.4 Å². The highest BCUT2D eigenvalue weighted by Crippen LogP contribution is 2.31. The Morgan fingerprint density at radius 1 is 1.09 bits per heavy atom. The Balaban J connectivity index is 0.00000342. The van der Waals surface area contributed by atoms with E-state index >= 15 is 0 Å². The lowest BCUT2D eigenvalue weighted by Crippen LogP contribution is -2.44. The zero-order valence-corrected chi connectivity index (χ0v) is 21.3. The van der Waals surface area contributed by atoms with Crippen molar-refractivity contribution >= 4 is 46.5 Å². The van der Waals surface area contributed by atoms with Crippen molar-refractivity contribution in [2.45, 2.75) is 38.8 Å². The normalized spacial score (nSPS) is 16.2. The van der Waals surface area contributed by atoms with Gasteiger partial charge in [-0.3, -0.25) is 14.5 Å². The van der Waals surface area contributed by atoms with Crippen LogP contribution in [0.3, 0.4) is 0 Å². The number of amides is 2. The summed E-state index contributed by atoms with van der Waals surface area (Å²) in [7, 11) is 1.75. The van der Waals surface area contributed by atoms with Crippen molar-refractivity contribution in [1.29, 1.82) is 0 Å². The molecule has 0 radical (unpaired) electrons. The number of aromatic nitrogens is 1. The van der Waals surface area contributed by atoms with Crippen molar-refractivity contribution in [3.63, 3.8) is 0 Å². The Labute approximate surface area is 213 Å². The Morgan fingerprint density at radius 2 is 1.86 bits per heavy atom. The average molecular weight is 496 g/mol. The Morgan fingerprint density at radius 3 is 2.63 bits per heavy atom. The number of nitrogens with one attached hydrogen (secondary N) is 3. The molecule has 1 aliphatic heterocycles. The largest absolute Gasteiger partial charge is 0.383 e. The molecule has 0 unspecified atom stereocenters. The molecule has 1 aromatic heterocycles. The van der Waals surface area contributed by atoms with E-state index < -0.39 is 0 Å². The van der Waals surface area contributed by atoms with E-state index in [-0.39, 0.29) is 42.2 Å². The molecule has 186 valence electrons. The summed E-state index contributed by atoms with van der Waals surface area (Å²) in [5.41, 5.74) is 2.12. The predicted octanol–water partition coefficient (Wildman–Crippen LogP) is 3.78. The van der Waals surface area contributed by atoms with Gasteiger partial charge in [0.15, 0.2) is 0 Å². The van der Waals surface area contributed by atoms with Crippen LogP contribution in [0, 0.1) is 5.92 Å². The highest BCUT2D eigenvalue weighted by Gasteiger charge is 2.35. The monoisotopic (exact) mass is 495 g/mol. The molecule has 35 heavy (non-hydrogen) atoms. The Kier molecular flexibility index (Phi) is 9.07. The molecule has 1 aliphatic rings. The summed E-state index contributed by atoms with van der Waals surface area (Å²) in [4.78, 5) is 31.8. The molecular formula is C27H34ClN5O2. The Bertz CT molecular complexity index is 1170. The van der Waals surface area contributed by atoms with E-state index in [0.717, 1.165) is 23.5 Å². The molecule has 7 nitrogen and oxygen atoms in total. The first kappa shape index (κ1) is 26.4. The van der Waals surface area contributed by atoms with Crippen molar-refractivity contribution in [3.05, 3.63) is 66.4 Å². The molecule has 4 rings (SSSR count). The molecular weight excluding hydrogens is 462 g/mol. The zero-order chi connectivity index (χ0) is 24.1. The lowest BCUT2D eigenvalue weighted by atomic mass is 10.1. The number of pyridine rings is 1. The number of hydrogen-bond acceptors (Lipinski definition) is 5. The van der Waals surface area contributed by atoms with Crippen LogP contribution in [-0.4, -0.2) is 49.0 Å². The first-order valence-electron chi connectivity index (χ1n) is 11.9. The van der Waals surface area contributed by atoms with Crippen LogP contribution in [0.4, 0.5) is 11.5 Å². The van der Waals surface area contributed by atoms with Gasteiger partial charge < -0.3 is 16.0 Å². The second-order valence-electron chi connectivity index (χ2n) is 9.12. The molecule has 8 heteroatoms. The van der Waals surface area contributed by atoms with Crippen LogP contribution < -0.4 is 20.9 Å². The number of anilines is 2. The standard InChI is InChI=1S/C27H33N5O2.ClH/c1-18(16-31-27(34)19(2)28-3)13-25(33)32-24(15-22-9-6-12-29-26(22)32)17-30-23-11-10-20-7-4-5-8-21(20)14-23;/h4-12,14,18-19,24,28,30H,13,15-17H2,1-3H3,(H,31,34);1H/t18-,19-,24-;/m0./s1. The summed E-state index contributed by atoms with van der Waals surface area (Å²) in [6.45, 7) is 4.88. The molecule has 0 spiro atoms. The van der Waals surface area contributed by atoms with E-state index in [1.807, 2.05) is 43.0 Å². The summed E-state index contributed by atoms with van der Waals surface area (Å²) >= 11 is 0. The van der Waals surface area contributed by atoms with Gasteiger partial charge in [-0.2, -0.15) is 0 Å². The van der Waals surface area contributed by atoms with Crippen LogP contribution in [-0.2, 0) is 16.0 Å². The average Bonchev–Trinajstić information content (AvgIpc) is 3.24. The third-order valence-corrected chi connectivity index (χ3v) is 6.45. The third-order valence-electron chi connectivity index (χ3n) is 6.45. The second kappa shape index (κ2) is 12.0. The van der Waals surface area contributed by atoms with Crippen LogP contribution in [0.5, 0.6) is 0 Å². The molecule has 0 fully saturated rings. The second-order valence-corrected chi connectivity index (χ2v) is 9.12. The molecule has 3 atom stereocenters. The van der Waals surface area contributed by atoms with Gasteiger partial charge in [0.05, 0.1) is 12.1 Å². The summed E-state index contributed by atoms with van der Waals surface area (Å²) in [5, 5.41) is 11.8. The number of carbonyl (C=O) groups is 2. The predicted molar refractivity (Wildman–Crippen MR) is 144 cm³/mol. The molecule has 0 saturated heterocycles. The first-order valence-corrected chi connectivity index (χ1v) is 11.9. The SMILES string of the molecule is CN[C@@H](C)C(=O)NC[C@@H](C)CC(=O)N1c2ncccc2C[C@H]1CNc1ccc2ccccc2c1.Cl. The van der Waals surface area contributed by atoms with Crippen molar-refractivity contribution in [1.82, 2.24) is 15.6 Å². The fourth-order valence-electron chi connectivity index (χ4n) is 4.37. The highest BCUT2D eigenvalue weighted by atomic mass is 35.5. The fourth-order valence-corrected chi connectivity index (χ4v) is 4.37. The van der Waals surface area contributed by atoms with E-state index in [4.69, 9.17) is 0 Å². The van der Waals surface area contributed by atoms with Gasteiger partial charge in [-0.1, -0.05) is 43.3 Å². The van der Waals surface area contributed by atoms with Gasteiger partial charge in [0.25, 0.3) is 0 Å². The lowest BCUT2D eigenvalue weighted by molar-refractivity contribution is -0.123. The zero-order valence-electron chi connectivity index (χ0n) is 20.5. The van der Waals surface area contributed by atoms with Gasteiger partial charge in [-0.15, -0.1) is 12.4 Å². The van der Waals surface area contributed by atoms with E-state index in [9.17, 15) is 9.59 Å². The van der Waals surface area contributed by atoms with Crippen molar-refractivity contribution in [2.24, 2.45) is 5.92 Å². The molecule has 0 saturated carbocycles. The van der Waals surface area contributed by atoms with Crippen LogP contribution >= 0.6 is 12.4 Å². The molecule has 0 aliphatic carbocycles. The molecule has 2 aromatic carbocycles. The van der Waals surface area contributed by atoms with Gasteiger partial charge in [-0.25, -0.2) is 4.98 Å². The third kappa shape index (κ3) is 6.29.